The van der Waals surface area contributed by atoms with Crippen LogP contribution in [0.1, 0.15) is 28.8 Å². The molecule has 8 heteroatoms. The molecule has 26 heavy (non-hydrogen) atoms. The molecule has 8 nitrogen and oxygen atoms in total. The average Bonchev–Trinajstić information content (AvgIpc) is 3.36. The molecule has 1 aliphatic heterocycles. The summed E-state index contributed by atoms with van der Waals surface area (Å²) in [6.07, 6.45) is 5.38. The Hall–Kier alpha value is -3.00. The van der Waals surface area contributed by atoms with E-state index in [0.717, 1.165) is 30.4 Å². The van der Waals surface area contributed by atoms with Crippen LogP contribution in [0.5, 0.6) is 0 Å². The smallest absolute Gasteiger partial charge is 0.251 e. The minimum atomic E-state index is -0.0818. The van der Waals surface area contributed by atoms with Crippen molar-refractivity contribution in [1.82, 2.24) is 25.5 Å². The third-order valence-corrected chi connectivity index (χ3v) is 4.41. The number of rotatable bonds is 6. The van der Waals surface area contributed by atoms with Gasteiger partial charge in [-0.05, 0) is 30.5 Å². The lowest BCUT2D eigenvalue weighted by atomic mass is 10.1. The van der Waals surface area contributed by atoms with Crippen LogP contribution in [0.3, 0.4) is 0 Å². The zero-order valence-corrected chi connectivity index (χ0v) is 14.2. The molecule has 2 aromatic heterocycles. The maximum Gasteiger partial charge on any atom is 0.251 e. The van der Waals surface area contributed by atoms with Crippen molar-refractivity contribution < 1.29 is 9.53 Å². The number of carbonyl (C=O) groups is 1. The number of benzene rings is 1. The molecule has 1 fully saturated rings. The van der Waals surface area contributed by atoms with Gasteiger partial charge in [-0.1, -0.05) is 12.1 Å². The van der Waals surface area contributed by atoms with Gasteiger partial charge in [-0.2, -0.15) is 5.10 Å². The Morgan fingerprint density at radius 2 is 2.31 bits per heavy atom. The Bertz CT molecular complexity index is 903. The van der Waals surface area contributed by atoms with Crippen molar-refractivity contribution in [2.24, 2.45) is 0 Å². The van der Waals surface area contributed by atoms with Crippen molar-refractivity contribution in [3.63, 3.8) is 0 Å². The van der Waals surface area contributed by atoms with E-state index in [1.54, 1.807) is 6.20 Å². The highest BCUT2D eigenvalue weighted by Crippen LogP contribution is 2.17. The van der Waals surface area contributed by atoms with Crippen LogP contribution in [0.4, 0.5) is 5.82 Å². The number of amides is 1. The molecule has 0 spiro atoms. The molecule has 0 bridgehead atoms. The van der Waals surface area contributed by atoms with E-state index < -0.39 is 0 Å². The van der Waals surface area contributed by atoms with Gasteiger partial charge < -0.3 is 15.4 Å². The fourth-order valence-corrected chi connectivity index (χ4v) is 3.03. The van der Waals surface area contributed by atoms with E-state index in [4.69, 9.17) is 4.74 Å². The van der Waals surface area contributed by atoms with Crippen molar-refractivity contribution in [1.29, 1.82) is 0 Å². The first-order valence-corrected chi connectivity index (χ1v) is 8.66. The molecule has 134 valence electrons. The zero-order chi connectivity index (χ0) is 17.8. The van der Waals surface area contributed by atoms with E-state index in [1.807, 2.05) is 24.3 Å². The second kappa shape index (κ2) is 7.49. The second-order valence-corrected chi connectivity index (χ2v) is 6.25. The highest BCUT2D eigenvalue weighted by molar-refractivity contribution is 5.94. The standard InChI is InChI=1S/C18H20N6O2/c25-18(20-9-14-5-2-6-26-14)13-4-1-3-12(7-13)8-19-16-15-10-23-24-17(15)22-11-21-16/h1,3-4,7,10-11,14H,2,5-6,8-9H2,(H,20,25)(H2,19,21,22,23,24). The molecule has 1 aromatic carbocycles. The number of H-pyrrole nitrogens is 1. The Morgan fingerprint density at radius 1 is 1.35 bits per heavy atom. The Morgan fingerprint density at radius 3 is 3.19 bits per heavy atom. The Labute approximate surface area is 150 Å². The van der Waals surface area contributed by atoms with Gasteiger partial charge in [0.2, 0.25) is 0 Å². The molecule has 4 rings (SSSR count). The molecular formula is C18H20N6O2. The van der Waals surface area contributed by atoms with Gasteiger partial charge >= 0.3 is 0 Å². The number of hydrogen-bond acceptors (Lipinski definition) is 6. The fraction of sp³-hybridized carbons (Fsp3) is 0.333. The molecule has 1 atom stereocenters. The second-order valence-electron chi connectivity index (χ2n) is 6.25. The number of nitrogens with zero attached hydrogens (tertiary/aromatic N) is 3. The van der Waals surface area contributed by atoms with Crippen LogP contribution in [0.2, 0.25) is 0 Å². The summed E-state index contributed by atoms with van der Waals surface area (Å²) in [6.45, 7) is 1.89. The van der Waals surface area contributed by atoms with Crippen molar-refractivity contribution in [3.8, 4) is 0 Å². The van der Waals surface area contributed by atoms with Crippen LogP contribution >= 0.6 is 0 Å². The zero-order valence-electron chi connectivity index (χ0n) is 14.2. The summed E-state index contributed by atoms with van der Waals surface area (Å²) in [7, 11) is 0. The highest BCUT2D eigenvalue weighted by Gasteiger charge is 2.16. The van der Waals surface area contributed by atoms with Crippen molar-refractivity contribution in [2.75, 3.05) is 18.5 Å². The maximum absolute atomic E-state index is 12.3. The molecular weight excluding hydrogens is 332 g/mol. The number of aromatic nitrogens is 4. The van der Waals surface area contributed by atoms with E-state index in [1.165, 1.54) is 6.33 Å². The Kier molecular flexibility index (Phi) is 4.74. The summed E-state index contributed by atoms with van der Waals surface area (Å²) < 4.78 is 5.53. The van der Waals surface area contributed by atoms with Crippen LogP contribution in [-0.4, -0.2) is 45.3 Å². The van der Waals surface area contributed by atoms with E-state index in [2.05, 4.69) is 30.8 Å². The summed E-state index contributed by atoms with van der Waals surface area (Å²) in [5.74, 6) is 0.624. The van der Waals surface area contributed by atoms with Gasteiger partial charge in [0.1, 0.15) is 12.1 Å². The third-order valence-electron chi connectivity index (χ3n) is 4.41. The van der Waals surface area contributed by atoms with E-state index in [0.29, 0.717) is 30.1 Å². The summed E-state index contributed by atoms with van der Waals surface area (Å²) in [6, 6.07) is 7.54. The monoisotopic (exact) mass is 352 g/mol. The van der Waals surface area contributed by atoms with Crippen LogP contribution in [0.15, 0.2) is 36.8 Å². The SMILES string of the molecule is O=C(NCC1CCCO1)c1cccc(CNc2ncnc3[nH]ncc23)c1. The number of carbonyl (C=O) groups excluding carboxylic acids is 1. The van der Waals surface area contributed by atoms with Gasteiger partial charge in [0.25, 0.3) is 5.91 Å². The van der Waals surface area contributed by atoms with Gasteiger partial charge in [0.15, 0.2) is 5.65 Å². The summed E-state index contributed by atoms with van der Waals surface area (Å²) in [5.41, 5.74) is 2.31. The van der Waals surface area contributed by atoms with Crippen molar-refractivity contribution in [2.45, 2.75) is 25.5 Å². The summed E-state index contributed by atoms with van der Waals surface area (Å²) in [4.78, 5) is 20.7. The molecule has 1 aliphatic rings. The van der Waals surface area contributed by atoms with Gasteiger partial charge in [-0.3, -0.25) is 9.89 Å². The normalized spacial score (nSPS) is 16.7. The molecule has 3 heterocycles. The van der Waals surface area contributed by atoms with Gasteiger partial charge in [0, 0.05) is 25.3 Å². The molecule has 3 N–H and O–H groups in total. The highest BCUT2D eigenvalue weighted by atomic mass is 16.5. The number of hydrogen-bond donors (Lipinski definition) is 3. The van der Waals surface area contributed by atoms with E-state index in [-0.39, 0.29) is 12.0 Å². The minimum Gasteiger partial charge on any atom is -0.376 e. The summed E-state index contributed by atoms with van der Waals surface area (Å²) >= 11 is 0. The molecule has 1 unspecified atom stereocenters. The summed E-state index contributed by atoms with van der Waals surface area (Å²) in [5, 5.41) is 13.8. The molecule has 1 saturated heterocycles. The molecule has 1 amide bonds. The van der Waals surface area contributed by atoms with Crippen LogP contribution in [-0.2, 0) is 11.3 Å². The van der Waals surface area contributed by atoms with Gasteiger partial charge in [-0.15, -0.1) is 0 Å². The van der Waals surface area contributed by atoms with Crippen molar-refractivity contribution in [3.05, 3.63) is 47.9 Å². The first-order chi connectivity index (χ1) is 12.8. The number of aromatic amines is 1. The van der Waals surface area contributed by atoms with Gasteiger partial charge in [-0.25, -0.2) is 9.97 Å². The van der Waals surface area contributed by atoms with Gasteiger partial charge in [0.05, 0.1) is 17.7 Å². The quantitative estimate of drug-likeness (QED) is 0.626. The lowest BCUT2D eigenvalue weighted by molar-refractivity contribution is 0.0857. The number of ether oxygens (including phenoxy) is 1. The minimum absolute atomic E-state index is 0.0818. The third kappa shape index (κ3) is 3.65. The number of fused-ring (bicyclic) bond motifs is 1. The number of anilines is 1. The Balaban J connectivity index is 1.39. The molecule has 0 radical (unpaired) electrons. The first-order valence-electron chi connectivity index (χ1n) is 8.66. The molecule has 0 saturated carbocycles. The predicted molar refractivity (Wildman–Crippen MR) is 96.8 cm³/mol. The van der Waals surface area contributed by atoms with Crippen LogP contribution in [0.25, 0.3) is 11.0 Å². The fourth-order valence-electron chi connectivity index (χ4n) is 3.03. The average molecular weight is 352 g/mol. The van der Waals surface area contributed by atoms with Crippen LogP contribution < -0.4 is 10.6 Å². The predicted octanol–water partition coefficient (Wildman–Crippen LogP) is 1.87. The topological polar surface area (TPSA) is 105 Å². The largest absolute Gasteiger partial charge is 0.376 e. The van der Waals surface area contributed by atoms with E-state index in [9.17, 15) is 4.79 Å². The molecule has 3 aromatic rings. The lowest BCUT2D eigenvalue weighted by Crippen LogP contribution is -2.31. The number of nitrogens with one attached hydrogen (secondary N) is 3. The van der Waals surface area contributed by atoms with E-state index >= 15 is 0 Å². The van der Waals surface area contributed by atoms with Crippen molar-refractivity contribution >= 4 is 22.8 Å². The maximum atomic E-state index is 12.3. The first kappa shape index (κ1) is 16.5. The van der Waals surface area contributed by atoms with Crippen LogP contribution in [0, 0.1) is 0 Å². The lowest BCUT2D eigenvalue weighted by Gasteiger charge is -2.11. The molecule has 0 aliphatic carbocycles.